The summed E-state index contributed by atoms with van der Waals surface area (Å²) in [6.07, 6.45) is 0. The van der Waals surface area contributed by atoms with Crippen LogP contribution < -0.4 is 34.7 Å². The normalized spacial score (nSPS) is 8.42. The third-order valence-corrected chi connectivity index (χ3v) is 1.26. The van der Waals surface area contributed by atoms with Crippen LogP contribution in [0.3, 0.4) is 0 Å². The molecule has 0 aliphatic heterocycles. The summed E-state index contributed by atoms with van der Waals surface area (Å²) in [5.41, 5.74) is 0.292. The van der Waals surface area contributed by atoms with Crippen molar-refractivity contribution < 1.29 is 44.2 Å². The predicted molar refractivity (Wildman–Crippen MR) is 37.2 cm³/mol. The maximum atomic E-state index is 10.8. The molecule has 1 aromatic rings. The van der Waals surface area contributed by atoms with Crippen molar-refractivity contribution in [2.24, 2.45) is 0 Å². The van der Waals surface area contributed by atoms with Gasteiger partial charge in [-0.1, -0.05) is 18.2 Å². The van der Waals surface area contributed by atoms with E-state index in [9.17, 15) is 9.90 Å². The number of hydrogen-bond acceptors (Lipinski definition) is 3. The van der Waals surface area contributed by atoms with Crippen molar-refractivity contribution in [3.8, 4) is 5.75 Å². The summed E-state index contributed by atoms with van der Waals surface area (Å²) in [5, 5.41) is 10.7. The number of ether oxygens (including phenoxy) is 1. The van der Waals surface area contributed by atoms with Crippen molar-refractivity contribution in [2.75, 3.05) is 7.11 Å². The minimum Gasteiger partial charge on any atom is -0.872 e. The van der Waals surface area contributed by atoms with Crippen molar-refractivity contribution in [3.05, 3.63) is 29.8 Å². The molecule has 0 saturated carbocycles. The van der Waals surface area contributed by atoms with Gasteiger partial charge in [0, 0.05) is 0 Å². The Balaban J connectivity index is 0.00000121. The second-order valence-corrected chi connectivity index (χ2v) is 2.02. The SMILES string of the molecule is COC(=O)c1cccc([O-])c1.[Na+]. The van der Waals surface area contributed by atoms with E-state index in [1.165, 1.54) is 31.4 Å². The molecule has 0 fully saturated rings. The van der Waals surface area contributed by atoms with E-state index >= 15 is 0 Å². The molecule has 0 radical (unpaired) electrons. The van der Waals surface area contributed by atoms with Crippen LogP contribution in [0.2, 0.25) is 0 Å². The van der Waals surface area contributed by atoms with E-state index in [0.717, 1.165) is 0 Å². The first-order chi connectivity index (χ1) is 5.24. The molecule has 3 nitrogen and oxygen atoms in total. The molecule has 0 N–H and O–H groups in total. The molecule has 0 aliphatic carbocycles. The number of esters is 1. The van der Waals surface area contributed by atoms with E-state index in [0.29, 0.717) is 5.56 Å². The van der Waals surface area contributed by atoms with E-state index in [-0.39, 0.29) is 35.3 Å². The molecular weight excluding hydrogens is 167 g/mol. The van der Waals surface area contributed by atoms with Gasteiger partial charge in [-0.15, -0.1) is 5.75 Å². The summed E-state index contributed by atoms with van der Waals surface area (Å²) < 4.78 is 4.41. The van der Waals surface area contributed by atoms with E-state index in [1.807, 2.05) is 0 Å². The topological polar surface area (TPSA) is 49.4 Å². The second-order valence-electron chi connectivity index (χ2n) is 2.02. The van der Waals surface area contributed by atoms with E-state index in [2.05, 4.69) is 4.74 Å². The van der Waals surface area contributed by atoms with Gasteiger partial charge in [0.1, 0.15) is 0 Å². The molecule has 12 heavy (non-hydrogen) atoms. The molecule has 0 aliphatic rings. The fraction of sp³-hybridized carbons (Fsp3) is 0.125. The predicted octanol–water partition coefficient (Wildman–Crippen LogP) is -2.45. The first-order valence-corrected chi connectivity index (χ1v) is 3.09. The summed E-state index contributed by atoms with van der Waals surface area (Å²) in [6, 6.07) is 5.68. The van der Waals surface area contributed by atoms with Crippen molar-refractivity contribution in [1.82, 2.24) is 0 Å². The zero-order valence-electron chi connectivity index (χ0n) is 7.03. The number of carbonyl (C=O) groups is 1. The van der Waals surface area contributed by atoms with E-state index < -0.39 is 5.97 Å². The number of benzene rings is 1. The second kappa shape index (κ2) is 5.19. The van der Waals surface area contributed by atoms with Crippen LogP contribution in [0, 0.1) is 0 Å². The van der Waals surface area contributed by atoms with Gasteiger partial charge < -0.3 is 9.84 Å². The van der Waals surface area contributed by atoms with Crippen molar-refractivity contribution in [1.29, 1.82) is 0 Å². The summed E-state index contributed by atoms with van der Waals surface area (Å²) in [5.74, 6) is -0.671. The summed E-state index contributed by atoms with van der Waals surface area (Å²) in [6.45, 7) is 0. The standard InChI is InChI=1S/C8H8O3.Na/c1-11-8(10)6-3-2-4-7(9)5-6;/h2-5,9H,1H3;/q;+1/p-1. The van der Waals surface area contributed by atoms with Crippen LogP contribution in [0.5, 0.6) is 5.75 Å². The van der Waals surface area contributed by atoms with Crippen LogP contribution in [0.25, 0.3) is 0 Å². The number of hydrogen-bond donors (Lipinski definition) is 0. The van der Waals surface area contributed by atoms with Crippen molar-refractivity contribution in [3.63, 3.8) is 0 Å². The van der Waals surface area contributed by atoms with Crippen LogP contribution in [0.15, 0.2) is 24.3 Å². The molecule has 0 amide bonds. The van der Waals surface area contributed by atoms with Crippen molar-refractivity contribution >= 4 is 5.97 Å². The van der Waals surface area contributed by atoms with Gasteiger partial charge in [-0.05, 0) is 6.07 Å². The average Bonchev–Trinajstić information content (AvgIpc) is 2.03. The molecule has 1 rings (SSSR count). The minimum atomic E-state index is -0.484. The molecule has 0 saturated heterocycles. The number of methoxy groups -OCH3 is 1. The van der Waals surface area contributed by atoms with Crippen LogP contribution >= 0.6 is 0 Å². The quantitative estimate of drug-likeness (QED) is 0.351. The van der Waals surface area contributed by atoms with Crippen molar-refractivity contribution in [2.45, 2.75) is 0 Å². The average molecular weight is 174 g/mol. The molecular formula is C8H7NaO3. The molecule has 58 valence electrons. The molecule has 0 bridgehead atoms. The fourth-order valence-electron chi connectivity index (χ4n) is 0.741. The van der Waals surface area contributed by atoms with Gasteiger partial charge >= 0.3 is 35.5 Å². The largest absolute Gasteiger partial charge is 1.00 e. The first-order valence-electron chi connectivity index (χ1n) is 3.09. The fourth-order valence-corrected chi connectivity index (χ4v) is 0.741. The van der Waals surface area contributed by atoms with Gasteiger partial charge in [-0.25, -0.2) is 4.79 Å². The Morgan fingerprint density at radius 1 is 1.50 bits per heavy atom. The van der Waals surface area contributed by atoms with Gasteiger partial charge in [-0.2, -0.15) is 0 Å². The molecule has 4 heteroatoms. The third-order valence-electron chi connectivity index (χ3n) is 1.26. The van der Waals surface area contributed by atoms with Crippen LogP contribution in [-0.2, 0) is 4.74 Å². The Kier molecular flexibility index (Phi) is 4.97. The van der Waals surface area contributed by atoms with Crippen LogP contribution in [-0.4, -0.2) is 13.1 Å². The van der Waals surface area contributed by atoms with Gasteiger partial charge in [0.05, 0.1) is 12.7 Å². The molecule has 0 aromatic heterocycles. The Bertz CT molecular complexity index is 273. The number of carbonyl (C=O) groups excluding carboxylic acids is 1. The van der Waals surface area contributed by atoms with Gasteiger partial charge in [0.15, 0.2) is 0 Å². The van der Waals surface area contributed by atoms with Gasteiger partial charge in [0.25, 0.3) is 0 Å². The van der Waals surface area contributed by atoms with Crippen LogP contribution in [0.1, 0.15) is 10.4 Å². The third kappa shape index (κ3) is 2.85. The van der Waals surface area contributed by atoms with E-state index in [4.69, 9.17) is 0 Å². The first kappa shape index (κ1) is 11.5. The van der Waals surface area contributed by atoms with Crippen LogP contribution in [0.4, 0.5) is 0 Å². The maximum absolute atomic E-state index is 10.8. The molecule has 1 aromatic carbocycles. The molecule has 0 atom stereocenters. The molecule has 0 unspecified atom stereocenters. The smallest absolute Gasteiger partial charge is 0.872 e. The Morgan fingerprint density at radius 3 is 2.67 bits per heavy atom. The molecule has 0 heterocycles. The van der Waals surface area contributed by atoms with Gasteiger partial charge in [0.2, 0.25) is 0 Å². The Morgan fingerprint density at radius 2 is 2.17 bits per heavy atom. The summed E-state index contributed by atoms with van der Waals surface area (Å²) in [4.78, 5) is 10.8. The number of rotatable bonds is 1. The monoisotopic (exact) mass is 174 g/mol. The van der Waals surface area contributed by atoms with E-state index in [1.54, 1.807) is 0 Å². The van der Waals surface area contributed by atoms with Gasteiger partial charge in [-0.3, -0.25) is 0 Å². The Hall–Kier alpha value is -0.510. The summed E-state index contributed by atoms with van der Waals surface area (Å²) in [7, 11) is 1.28. The maximum Gasteiger partial charge on any atom is 1.00 e. The zero-order valence-corrected chi connectivity index (χ0v) is 9.03. The molecule has 0 spiro atoms. The zero-order chi connectivity index (χ0) is 8.27. The minimum absolute atomic E-state index is 0. The summed E-state index contributed by atoms with van der Waals surface area (Å²) >= 11 is 0. The Labute approximate surface area is 92.6 Å².